The van der Waals surface area contributed by atoms with Crippen molar-refractivity contribution in [2.75, 3.05) is 18.5 Å². The quantitative estimate of drug-likeness (QED) is 0.618. The van der Waals surface area contributed by atoms with Crippen LogP contribution < -0.4 is 5.32 Å². The highest BCUT2D eigenvalue weighted by atomic mass is 32.2. The molecule has 0 bridgehead atoms. The zero-order chi connectivity index (χ0) is 22.5. The third-order valence-electron chi connectivity index (χ3n) is 6.43. The number of halogens is 2. The maximum atomic E-state index is 14.4. The molecule has 5 rings (SSSR count). The van der Waals surface area contributed by atoms with Crippen molar-refractivity contribution in [3.8, 4) is 11.1 Å². The molecular formula is C24H22F2N2O3S. The number of benzene rings is 3. The lowest BCUT2D eigenvalue weighted by atomic mass is 9.82. The number of sulfonamides is 1. The Kier molecular flexibility index (Phi) is 5.23. The molecule has 0 aromatic heterocycles. The first kappa shape index (κ1) is 21.1. The molecule has 3 aromatic carbocycles. The number of nitrogens with one attached hydrogen (secondary N) is 1. The van der Waals surface area contributed by atoms with Crippen LogP contribution in [0, 0.1) is 17.6 Å². The van der Waals surface area contributed by atoms with Crippen LogP contribution in [-0.4, -0.2) is 37.0 Å². The third-order valence-corrected chi connectivity index (χ3v) is 8.35. The minimum Gasteiger partial charge on any atom is -0.394 e. The first-order chi connectivity index (χ1) is 15.4. The Morgan fingerprint density at radius 3 is 2.44 bits per heavy atom. The van der Waals surface area contributed by atoms with Crippen LogP contribution in [0.15, 0.2) is 71.6 Å². The van der Waals surface area contributed by atoms with Crippen molar-refractivity contribution < 1.29 is 22.3 Å². The molecule has 0 saturated carbocycles. The molecule has 1 fully saturated rings. The van der Waals surface area contributed by atoms with Gasteiger partial charge in [0.15, 0.2) is 0 Å². The van der Waals surface area contributed by atoms with Crippen molar-refractivity contribution in [2.45, 2.75) is 23.4 Å². The molecule has 2 N–H and O–H groups in total. The predicted octanol–water partition coefficient (Wildman–Crippen LogP) is 4.17. The summed E-state index contributed by atoms with van der Waals surface area (Å²) in [5.74, 6) is -1.38. The van der Waals surface area contributed by atoms with Gasteiger partial charge in [0.05, 0.1) is 18.7 Å². The van der Waals surface area contributed by atoms with E-state index in [9.17, 15) is 22.3 Å². The van der Waals surface area contributed by atoms with Crippen molar-refractivity contribution in [3.63, 3.8) is 0 Å². The summed E-state index contributed by atoms with van der Waals surface area (Å²) < 4.78 is 57.1. The average molecular weight is 457 g/mol. The second kappa shape index (κ2) is 7.95. The monoisotopic (exact) mass is 456 g/mol. The van der Waals surface area contributed by atoms with Gasteiger partial charge >= 0.3 is 0 Å². The van der Waals surface area contributed by atoms with Crippen LogP contribution in [0.3, 0.4) is 0 Å². The SMILES string of the molecule is O=S(=O)(c1ccccc1F)N1CC[C@@H]2[C@@H](CO)Nc3ccc(-c4ccccc4F)cc3[C@@H]21. The predicted molar refractivity (Wildman–Crippen MR) is 117 cm³/mol. The molecule has 32 heavy (non-hydrogen) atoms. The maximum absolute atomic E-state index is 14.4. The van der Waals surface area contributed by atoms with E-state index >= 15 is 0 Å². The molecule has 3 aromatic rings. The van der Waals surface area contributed by atoms with Crippen LogP contribution in [-0.2, 0) is 10.0 Å². The molecular weight excluding hydrogens is 434 g/mol. The highest BCUT2D eigenvalue weighted by Crippen LogP contribution is 2.49. The topological polar surface area (TPSA) is 69.6 Å². The molecule has 2 aliphatic rings. The van der Waals surface area contributed by atoms with Crippen molar-refractivity contribution in [1.82, 2.24) is 4.31 Å². The summed E-state index contributed by atoms with van der Waals surface area (Å²) in [7, 11) is -4.12. The van der Waals surface area contributed by atoms with E-state index < -0.39 is 21.9 Å². The summed E-state index contributed by atoms with van der Waals surface area (Å²) in [6.07, 6.45) is 0.514. The van der Waals surface area contributed by atoms with Gasteiger partial charge in [0, 0.05) is 23.7 Å². The van der Waals surface area contributed by atoms with E-state index in [0.29, 0.717) is 28.8 Å². The molecule has 0 unspecified atom stereocenters. The summed E-state index contributed by atoms with van der Waals surface area (Å²) in [4.78, 5) is -0.369. The van der Waals surface area contributed by atoms with Crippen LogP contribution in [0.2, 0.25) is 0 Å². The zero-order valence-corrected chi connectivity index (χ0v) is 17.9. The third kappa shape index (κ3) is 3.30. The second-order valence-corrected chi connectivity index (χ2v) is 10.0. The number of anilines is 1. The van der Waals surface area contributed by atoms with Gasteiger partial charge in [0.2, 0.25) is 10.0 Å². The first-order valence-corrected chi connectivity index (χ1v) is 11.9. The molecule has 1 saturated heterocycles. The lowest BCUT2D eigenvalue weighted by molar-refractivity contribution is 0.210. The minimum atomic E-state index is -4.12. The Morgan fingerprint density at radius 2 is 1.72 bits per heavy atom. The van der Waals surface area contributed by atoms with Gasteiger partial charge in [-0.25, -0.2) is 17.2 Å². The molecule has 0 aliphatic carbocycles. The van der Waals surface area contributed by atoms with Crippen LogP contribution in [0.1, 0.15) is 18.0 Å². The number of hydrogen-bond acceptors (Lipinski definition) is 4. The minimum absolute atomic E-state index is 0.163. The molecule has 5 nitrogen and oxygen atoms in total. The van der Waals surface area contributed by atoms with Gasteiger partial charge in [0.1, 0.15) is 16.5 Å². The Morgan fingerprint density at radius 1 is 1.00 bits per heavy atom. The molecule has 3 atom stereocenters. The van der Waals surface area contributed by atoms with Gasteiger partial charge in [-0.2, -0.15) is 4.31 Å². The van der Waals surface area contributed by atoms with Crippen molar-refractivity contribution in [1.29, 1.82) is 0 Å². The average Bonchev–Trinajstić information content (AvgIpc) is 3.25. The second-order valence-electron chi connectivity index (χ2n) is 8.16. The maximum Gasteiger partial charge on any atom is 0.246 e. The Bertz CT molecular complexity index is 1280. The normalized spacial score (nSPS) is 22.8. The first-order valence-electron chi connectivity index (χ1n) is 10.4. The molecule has 0 radical (unpaired) electrons. The van der Waals surface area contributed by atoms with Gasteiger partial charge in [-0.1, -0.05) is 36.4 Å². The lowest BCUT2D eigenvalue weighted by Crippen LogP contribution is -2.43. The van der Waals surface area contributed by atoms with Crippen LogP contribution in [0.4, 0.5) is 14.5 Å². The Labute approximate surface area is 185 Å². The molecule has 8 heteroatoms. The summed E-state index contributed by atoms with van der Waals surface area (Å²) in [6.45, 7) is 0.0385. The van der Waals surface area contributed by atoms with Crippen LogP contribution in [0.25, 0.3) is 11.1 Å². The Balaban J connectivity index is 1.65. The molecule has 0 amide bonds. The van der Waals surface area contributed by atoms with Gasteiger partial charge in [0.25, 0.3) is 0 Å². The largest absolute Gasteiger partial charge is 0.394 e. The number of aliphatic hydroxyl groups excluding tert-OH is 1. The highest BCUT2D eigenvalue weighted by Gasteiger charge is 2.49. The van der Waals surface area contributed by atoms with Crippen LogP contribution in [0.5, 0.6) is 0 Å². The molecule has 2 aliphatic heterocycles. The standard InChI is InChI=1S/C24H22F2N2O3S/c25-19-6-2-1-5-16(19)15-9-10-21-18(13-15)24-17(22(14-29)27-21)11-12-28(24)32(30,31)23-8-4-3-7-20(23)26/h1-10,13,17,22,24,27,29H,11-12,14H2/t17-,22-,24-/m1/s1. The van der Waals surface area contributed by atoms with Crippen molar-refractivity contribution in [2.24, 2.45) is 5.92 Å². The molecule has 166 valence electrons. The van der Waals surface area contributed by atoms with Gasteiger partial charge in [-0.3, -0.25) is 0 Å². The number of nitrogens with zero attached hydrogens (tertiary/aromatic N) is 1. The fraction of sp³-hybridized carbons (Fsp3) is 0.250. The fourth-order valence-electron chi connectivity index (χ4n) is 4.93. The summed E-state index contributed by atoms with van der Waals surface area (Å²) in [5, 5.41) is 13.2. The fourth-order valence-corrected chi connectivity index (χ4v) is 6.67. The number of fused-ring (bicyclic) bond motifs is 3. The van der Waals surface area contributed by atoms with E-state index in [2.05, 4.69) is 5.32 Å². The molecule has 0 spiro atoms. The van der Waals surface area contributed by atoms with E-state index in [-0.39, 0.29) is 35.8 Å². The van der Waals surface area contributed by atoms with E-state index in [1.807, 2.05) is 0 Å². The number of aliphatic hydroxyl groups is 1. The lowest BCUT2D eigenvalue weighted by Gasteiger charge is -2.39. The van der Waals surface area contributed by atoms with Crippen molar-refractivity contribution in [3.05, 3.63) is 83.9 Å². The zero-order valence-electron chi connectivity index (χ0n) is 17.1. The van der Waals surface area contributed by atoms with E-state index in [1.54, 1.807) is 36.4 Å². The Hall–Kier alpha value is -2.81. The number of rotatable bonds is 4. The summed E-state index contributed by atoms with van der Waals surface area (Å²) in [5.41, 5.74) is 2.41. The molecule has 2 heterocycles. The van der Waals surface area contributed by atoms with Crippen LogP contribution >= 0.6 is 0 Å². The van der Waals surface area contributed by atoms with Gasteiger partial charge in [-0.05, 0) is 47.9 Å². The van der Waals surface area contributed by atoms with E-state index in [4.69, 9.17) is 0 Å². The summed E-state index contributed by atoms with van der Waals surface area (Å²) >= 11 is 0. The van der Waals surface area contributed by atoms with E-state index in [1.165, 1.54) is 28.6 Å². The summed E-state index contributed by atoms with van der Waals surface area (Å²) in [6, 6.07) is 16.1. The highest BCUT2D eigenvalue weighted by molar-refractivity contribution is 7.89. The van der Waals surface area contributed by atoms with Gasteiger partial charge in [-0.15, -0.1) is 0 Å². The van der Waals surface area contributed by atoms with Crippen molar-refractivity contribution >= 4 is 15.7 Å². The number of hydrogen-bond donors (Lipinski definition) is 2. The smallest absolute Gasteiger partial charge is 0.246 e. The van der Waals surface area contributed by atoms with Gasteiger partial charge < -0.3 is 10.4 Å². The van der Waals surface area contributed by atoms with E-state index in [0.717, 1.165) is 6.07 Å².